The topological polar surface area (TPSA) is 43.9 Å². The number of rotatable bonds is 7. The molecule has 0 N–H and O–H groups in total. The van der Waals surface area contributed by atoms with Crippen LogP contribution >= 0.6 is 0 Å². The van der Waals surface area contributed by atoms with Crippen LogP contribution in [0.15, 0.2) is 120 Å². The molecule has 0 amide bonds. The van der Waals surface area contributed by atoms with Crippen molar-refractivity contribution in [2.75, 3.05) is 0 Å². The summed E-state index contributed by atoms with van der Waals surface area (Å²) in [5.41, 5.74) is 12.5. The Hall–Kier alpha value is -4.29. The van der Waals surface area contributed by atoms with Crippen LogP contribution in [0.2, 0.25) is 17.3 Å². The maximum absolute atomic E-state index is 6.06. The van der Waals surface area contributed by atoms with E-state index in [1.54, 1.807) is 9.96 Å². The van der Waals surface area contributed by atoms with Gasteiger partial charge < -0.3 is 8.98 Å². The van der Waals surface area contributed by atoms with Crippen molar-refractivity contribution in [2.24, 2.45) is 0 Å². The van der Waals surface area contributed by atoms with Gasteiger partial charge in [-0.25, -0.2) is 0 Å². The van der Waals surface area contributed by atoms with Crippen molar-refractivity contribution >= 4 is 50.6 Å². The van der Waals surface area contributed by atoms with E-state index in [0.29, 0.717) is 11.8 Å². The summed E-state index contributed by atoms with van der Waals surface area (Å²) in [7, 11) is 0. The number of hydrogen-bond acceptors (Lipinski definition) is 3. The second-order valence-electron chi connectivity index (χ2n) is 17.1. The normalized spacial score (nSPS) is 13.6. The van der Waals surface area contributed by atoms with Crippen LogP contribution < -0.4 is 4.40 Å². The van der Waals surface area contributed by atoms with E-state index < -0.39 is 13.3 Å². The summed E-state index contributed by atoms with van der Waals surface area (Å²) in [6, 6.07) is 44.8. The molecule has 1 radical (unpaired) electrons. The van der Waals surface area contributed by atoms with Gasteiger partial charge in [-0.2, -0.15) is 0 Å². The molecule has 9 rings (SSSR count). The predicted molar refractivity (Wildman–Crippen MR) is 238 cm³/mol. The number of fused-ring (bicyclic) bond motifs is 4. The first kappa shape index (κ1) is 40.9. The van der Waals surface area contributed by atoms with Gasteiger partial charge in [0.25, 0.3) is 0 Å². The molecule has 293 valence electrons. The van der Waals surface area contributed by atoms with E-state index in [0.717, 1.165) is 61.5 Å². The fourth-order valence-corrected chi connectivity index (χ4v) is 11.9. The van der Waals surface area contributed by atoms with Crippen LogP contribution in [0.5, 0.6) is 0 Å². The predicted octanol–water partition coefficient (Wildman–Crippen LogP) is 13.8. The molecular formula is C51H53GeIrN3O-2. The molecule has 3 aromatic heterocycles. The molecule has 0 bridgehead atoms. The first-order valence-corrected chi connectivity index (χ1v) is 27.8. The molecule has 1 fully saturated rings. The molecule has 0 aliphatic heterocycles. The van der Waals surface area contributed by atoms with Crippen molar-refractivity contribution in [2.45, 2.75) is 94.8 Å². The third-order valence-electron chi connectivity index (χ3n) is 11.5. The standard InChI is InChI=1S/C31H27N2O.C20H26GeN.Ir/c1-19(2)22-11-9-12-23(20(3)4)30(22)33-27-14-7-6-13-26(27)32-31(33)21-16-17-29-25(18-21)24-10-5-8-15-28(24)34-29;1-21(2,3)19-15-22-20(17-12-8-5-9-13-17)14-18(19)16-10-6-4-7-11-16;/h5-15,17-20H,1-4H3;5,8-9,12,14-16H,4,6-7,10-11H2,1-3H3;/q2*-1;. The number of nitrogens with zero attached hydrogens (tertiary/aromatic N) is 3. The molecule has 1 saturated carbocycles. The Bertz CT molecular complexity index is 2600. The quantitative estimate of drug-likeness (QED) is 0.118. The van der Waals surface area contributed by atoms with Crippen LogP contribution in [0, 0.1) is 12.1 Å². The molecule has 0 unspecified atom stereocenters. The zero-order valence-corrected chi connectivity index (χ0v) is 38.8. The SMILES string of the molecule is CC(C)c1cccc(C(C)C)c1-n1c(-c2[c-]cc3oc4ccccc4c3c2)nc2ccccc21.[CH3][Ge]([CH3])([CH3])[c]1cnc(-c2[c-]cccc2)cc1C1CCCCC1.[Ir]. The van der Waals surface area contributed by atoms with Gasteiger partial charge in [-0.1, -0.05) is 81.6 Å². The summed E-state index contributed by atoms with van der Waals surface area (Å²) in [6.45, 7) is 9.05. The second kappa shape index (κ2) is 17.3. The van der Waals surface area contributed by atoms with Crippen molar-refractivity contribution in [3.05, 3.63) is 144 Å². The molecular weight excluding hydrogens is 935 g/mol. The summed E-state index contributed by atoms with van der Waals surface area (Å²) >= 11 is -1.89. The number of furan rings is 1. The Morgan fingerprint density at radius 3 is 2.12 bits per heavy atom. The van der Waals surface area contributed by atoms with Crippen LogP contribution in [-0.4, -0.2) is 27.8 Å². The minimum absolute atomic E-state index is 0. The van der Waals surface area contributed by atoms with Crippen molar-refractivity contribution in [3.63, 3.8) is 0 Å². The molecule has 8 aromatic rings. The molecule has 0 atom stereocenters. The monoisotopic (exact) mass is 990 g/mol. The van der Waals surface area contributed by atoms with E-state index in [9.17, 15) is 0 Å². The summed E-state index contributed by atoms with van der Waals surface area (Å²) in [4.78, 5) is 9.92. The minimum Gasteiger partial charge on any atom is 0 e. The van der Waals surface area contributed by atoms with Crippen LogP contribution in [0.1, 0.15) is 94.2 Å². The largest absolute Gasteiger partial charge is 0 e. The summed E-state index contributed by atoms with van der Waals surface area (Å²) in [5.74, 6) is 9.87. The minimum atomic E-state index is -1.89. The van der Waals surface area contributed by atoms with Gasteiger partial charge in [0, 0.05) is 31.2 Å². The van der Waals surface area contributed by atoms with E-state index in [4.69, 9.17) is 14.4 Å². The van der Waals surface area contributed by atoms with E-state index in [1.165, 1.54) is 48.9 Å². The molecule has 3 heterocycles. The number of aromatic nitrogens is 3. The van der Waals surface area contributed by atoms with Crippen molar-refractivity contribution < 1.29 is 24.5 Å². The van der Waals surface area contributed by atoms with Crippen LogP contribution in [0.3, 0.4) is 0 Å². The Morgan fingerprint density at radius 2 is 1.42 bits per heavy atom. The van der Waals surface area contributed by atoms with Crippen molar-refractivity contribution in [1.29, 1.82) is 0 Å². The summed E-state index contributed by atoms with van der Waals surface area (Å²) < 4.78 is 10.0. The number of benzene rings is 5. The fraction of sp³-hybridized carbons (Fsp3) is 0.294. The smallest absolute Gasteiger partial charge is 0 e. The molecule has 1 aliphatic rings. The van der Waals surface area contributed by atoms with Crippen molar-refractivity contribution in [1.82, 2.24) is 14.5 Å². The first-order chi connectivity index (χ1) is 27.1. The average Bonchev–Trinajstić information content (AvgIpc) is 3.79. The van der Waals surface area contributed by atoms with Gasteiger partial charge in [-0.15, -0.1) is 23.8 Å². The van der Waals surface area contributed by atoms with E-state index in [-0.39, 0.29) is 20.1 Å². The Balaban J connectivity index is 0.000000188. The molecule has 0 spiro atoms. The van der Waals surface area contributed by atoms with Gasteiger partial charge in [-0.3, -0.25) is 4.98 Å². The van der Waals surface area contributed by atoms with E-state index >= 15 is 0 Å². The maximum atomic E-state index is 6.06. The average molecular weight is 989 g/mol. The van der Waals surface area contributed by atoms with Gasteiger partial charge in [0.15, 0.2) is 0 Å². The number of imidazole rings is 1. The maximum Gasteiger partial charge on any atom is 0 e. The van der Waals surface area contributed by atoms with Gasteiger partial charge in [0.05, 0.1) is 22.4 Å². The third-order valence-corrected chi connectivity index (χ3v) is 15.7. The van der Waals surface area contributed by atoms with Crippen LogP contribution in [0.4, 0.5) is 0 Å². The Morgan fingerprint density at radius 1 is 0.719 bits per heavy atom. The number of pyridine rings is 1. The summed E-state index contributed by atoms with van der Waals surface area (Å²) in [5, 5.41) is 2.20. The summed E-state index contributed by atoms with van der Waals surface area (Å²) in [6.07, 6.45) is 9.08. The van der Waals surface area contributed by atoms with E-state index in [1.807, 2.05) is 30.3 Å². The van der Waals surface area contributed by atoms with Crippen LogP contribution in [0.25, 0.3) is 61.3 Å². The molecule has 57 heavy (non-hydrogen) atoms. The molecule has 4 nitrogen and oxygen atoms in total. The van der Waals surface area contributed by atoms with Crippen molar-refractivity contribution in [3.8, 4) is 28.3 Å². The number of hydrogen-bond donors (Lipinski definition) is 0. The third kappa shape index (κ3) is 8.35. The zero-order chi connectivity index (χ0) is 39.0. The van der Waals surface area contributed by atoms with Gasteiger partial charge >= 0.3 is 137 Å². The zero-order valence-electron chi connectivity index (χ0n) is 34.3. The Labute approximate surface area is 354 Å². The Kier molecular flexibility index (Phi) is 12.4. The second-order valence-corrected chi connectivity index (χ2v) is 27.7. The fourth-order valence-electron chi connectivity index (χ4n) is 8.55. The van der Waals surface area contributed by atoms with E-state index in [2.05, 4.69) is 147 Å². The van der Waals surface area contributed by atoms with Crippen LogP contribution in [-0.2, 0) is 20.1 Å². The molecule has 0 saturated heterocycles. The van der Waals surface area contributed by atoms with Gasteiger partial charge in [0.2, 0.25) is 0 Å². The van der Waals surface area contributed by atoms with Gasteiger partial charge in [0.1, 0.15) is 5.58 Å². The van der Waals surface area contributed by atoms with Gasteiger partial charge in [-0.05, 0) is 41.2 Å². The molecule has 5 aromatic carbocycles. The molecule has 1 aliphatic carbocycles. The first-order valence-electron chi connectivity index (χ1n) is 20.5. The molecule has 6 heteroatoms. The number of para-hydroxylation sites is 4.